The first kappa shape index (κ1) is 12.3. The van der Waals surface area contributed by atoms with Gasteiger partial charge < -0.3 is 11.1 Å². The summed E-state index contributed by atoms with van der Waals surface area (Å²) in [7, 11) is 0. The first-order valence-electron chi connectivity index (χ1n) is 7.05. The molecule has 0 spiro atoms. The largest absolute Gasteiger partial charge is 0.397 e. The topological polar surface area (TPSA) is 50.9 Å². The summed E-state index contributed by atoms with van der Waals surface area (Å²) in [5.74, 6) is 0. The normalized spacial score (nSPS) is 17.7. The molecule has 1 heterocycles. The van der Waals surface area contributed by atoms with E-state index in [1.165, 1.54) is 25.7 Å². The summed E-state index contributed by atoms with van der Waals surface area (Å²) >= 11 is 0. The zero-order valence-electron chi connectivity index (χ0n) is 11.4. The van der Waals surface area contributed by atoms with Crippen LogP contribution in [0.3, 0.4) is 0 Å². The number of benzene rings is 1. The lowest BCUT2D eigenvalue weighted by molar-refractivity contribution is 0.362. The molecule has 3 heteroatoms. The third kappa shape index (κ3) is 2.37. The second kappa shape index (κ2) is 4.72. The van der Waals surface area contributed by atoms with E-state index in [9.17, 15) is 0 Å². The van der Waals surface area contributed by atoms with Crippen LogP contribution >= 0.6 is 0 Å². The number of nitrogens with two attached hydrogens (primary N) is 1. The molecule has 0 atom stereocenters. The summed E-state index contributed by atoms with van der Waals surface area (Å²) in [6, 6.07) is 8.01. The molecule has 0 saturated heterocycles. The van der Waals surface area contributed by atoms with Crippen molar-refractivity contribution in [1.29, 1.82) is 0 Å². The quantitative estimate of drug-likeness (QED) is 0.820. The van der Waals surface area contributed by atoms with Gasteiger partial charge in [-0.05, 0) is 30.4 Å². The van der Waals surface area contributed by atoms with Gasteiger partial charge in [-0.3, -0.25) is 4.98 Å². The number of nitrogens with zero attached hydrogens (tertiary/aromatic N) is 1. The van der Waals surface area contributed by atoms with Gasteiger partial charge in [-0.1, -0.05) is 31.9 Å². The minimum atomic E-state index is 0.440. The molecular formula is C16H21N3. The smallest absolute Gasteiger partial charge is 0.0951 e. The van der Waals surface area contributed by atoms with Crippen LogP contribution in [0.15, 0.2) is 30.5 Å². The molecule has 100 valence electrons. The first-order valence-corrected chi connectivity index (χ1v) is 7.05. The maximum absolute atomic E-state index is 5.98. The van der Waals surface area contributed by atoms with Crippen molar-refractivity contribution in [1.82, 2.24) is 4.98 Å². The van der Waals surface area contributed by atoms with Crippen molar-refractivity contribution in [3.8, 4) is 0 Å². The molecule has 1 fully saturated rings. The van der Waals surface area contributed by atoms with Gasteiger partial charge >= 0.3 is 0 Å². The lowest BCUT2D eigenvalue weighted by Gasteiger charge is -2.24. The first-order chi connectivity index (χ1) is 9.18. The van der Waals surface area contributed by atoms with Crippen molar-refractivity contribution in [2.24, 2.45) is 5.41 Å². The summed E-state index contributed by atoms with van der Waals surface area (Å²) < 4.78 is 0. The van der Waals surface area contributed by atoms with E-state index in [1.807, 2.05) is 24.4 Å². The number of anilines is 2. The van der Waals surface area contributed by atoms with E-state index in [1.54, 1.807) is 0 Å². The van der Waals surface area contributed by atoms with E-state index < -0.39 is 0 Å². The second-order valence-electron chi connectivity index (χ2n) is 5.97. The number of nitrogen functional groups attached to an aromatic ring is 1. The third-order valence-corrected chi connectivity index (χ3v) is 4.32. The third-order valence-electron chi connectivity index (χ3n) is 4.32. The number of nitrogens with one attached hydrogen (secondary N) is 1. The molecular weight excluding hydrogens is 234 g/mol. The molecule has 1 aromatic carbocycles. The molecule has 1 saturated carbocycles. The van der Waals surface area contributed by atoms with Crippen molar-refractivity contribution in [2.45, 2.75) is 32.6 Å². The molecule has 0 aliphatic heterocycles. The predicted octanol–water partition coefficient (Wildman–Crippen LogP) is 3.81. The van der Waals surface area contributed by atoms with Crippen molar-refractivity contribution in [3.05, 3.63) is 30.5 Å². The van der Waals surface area contributed by atoms with Crippen molar-refractivity contribution < 1.29 is 0 Å². The van der Waals surface area contributed by atoms with Crippen LogP contribution < -0.4 is 11.1 Å². The molecule has 0 bridgehead atoms. The monoisotopic (exact) mass is 255 g/mol. The number of hydrogen-bond acceptors (Lipinski definition) is 3. The van der Waals surface area contributed by atoms with Gasteiger partial charge in [0.2, 0.25) is 0 Å². The summed E-state index contributed by atoms with van der Waals surface area (Å²) in [6.45, 7) is 3.41. The molecule has 3 nitrogen and oxygen atoms in total. The Morgan fingerprint density at radius 1 is 1.26 bits per heavy atom. The minimum Gasteiger partial charge on any atom is -0.397 e. The van der Waals surface area contributed by atoms with E-state index in [2.05, 4.69) is 23.3 Å². The maximum Gasteiger partial charge on any atom is 0.0951 e. The maximum atomic E-state index is 5.98. The molecule has 1 aliphatic carbocycles. The highest BCUT2D eigenvalue weighted by molar-refractivity contribution is 5.97. The van der Waals surface area contributed by atoms with E-state index >= 15 is 0 Å². The van der Waals surface area contributed by atoms with Gasteiger partial charge in [-0.2, -0.15) is 0 Å². The SMILES string of the molecule is CC1(CNc2ccnc3c(N)cccc23)CCCC1. The Morgan fingerprint density at radius 3 is 2.84 bits per heavy atom. The molecule has 3 N–H and O–H groups in total. The summed E-state index contributed by atoms with van der Waals surface area (Å²) in [5, 5.41) is 4.72. The van der Waals surface area contributed by atoms with Crippen LogP contribution in [0, 0.1) is 5.41 Å². The molecule has 0 radical (unpaired) electrons. The van der Waals surface area contributed by atoms with Crippen LogP contribution in [-0.2, 0) is 0 Å². The van der Waals surface area contributed by atoms with Crippen LogP contribution in [0.2, 0.25) is 0 Å². The van der Waals surface area contributed by atoms with Crippen molar-refractivity contribution >= 4 is 22.3 Å². The molecule has 0 unspecified atom stereocenters. The number of pyridine rings is 1. The number of rotatable bonds is 3. The molecule has 0 amide bonds. The van der Waals surface area contributed by atoms with Gasteiger partial charge in [0.15, 0.2) is 0 Å². The summed E-state index contributed by atoms with van der Waals surface area (Å²) in [6.07, 6.45) is 7.21. The number of hydrogen-bond donors (Lipinski definition) is 2. The van der Waals surface area contributed by atoms with E-state index in [0.717, 1.165) is 28.8 Å². The number of para-hydroxylation sites is 1. The Hall–Kier alpha value is -1.77. The molecule has 3 rings (SSSR count). The van der Waals surface area contributed by atoms with Gasteiger partial charge in [0.25, 0.3) is 0 Å². The summed E-state index contributed by atoms with van der Waals surface area (Å²) in [4.78, 5) is 4.37. The number of aromatic nitrogens is 1. The fraction of sp³-hybridized carbons (Fsp3) is 0.438. The number of fused-ring (bicyclic) bond motifs is 1. The Bertz CT molecular complexity index is 586. The van der Waals surface area contributed by atoms with Crippen LogP contribution in [0.4, 0.5) is 11.4 Å². The Labute approximate surface area is 114 Å². The van der Waals surface area contributed by atoms with Gasteiger partial charge in [0, 0.05) is 23.8 Å². The van der Waals surface area contributed by atoms with Crippen LogP contribution in [0.25, 0.3) is 10.9 Å². The fourth-order valence-corrected chi connectivity index (χ4v) is 3.07. The highest BCUT2D eigenvalue weighted by Crippen LogP contribution is 2.38. The molecule has 1 aliphatic rings. The zero-order valence-corrected chi connectivity index (χ0v) is 11.4. The van der Waals surface area contributed by atoms with E-state index in [4.69, 9.17) is 5.73 Å². The highest BCUT2D eigenvalue weighted by atomic mass is 14.9. The van der Waals surface area contributed by atoms with E-state index in [0.29, 0.717) is 5.41 Å². The lowest BCUT2D eigenvalue weighted by atomic mass is 9.89. The van der Waals surface area contributed by atoms with Gasteiger partial charge in [0.05, 0.1) is 11.2 Å². The minimum absolute atomic E-state index is 0.440. The Balaban J connectivity index is 1.87. The highest BCUT2D eigenvalue weighted by Gasteiger charge is 2.28. The van der Waals surface area contributed by atoms with Crippen LogP contribution in [0.1, 0.15) is 32.6 Å². The van der Waals surface area contributed by atoms with Gasteiger partial charge in [-0.15, -0.1) is 0 Å². The van der Waals surface area contributed by atoms with Crippen LogP contribution in [0.5, 0.6) is 0 Å². The van der Waals surface area contributed by atoms with Crippen molar-refractivity contribution in [2.75, 3.05) is 17.6 Å². The molecule has 2 aromatic rings. The van der Waals surface area contributed by atoms with Gasteiger partial charge in [0.1, 0.15) is 0 Å². The average molecular weight is 255 g/mol. The van der Waals surface area contributed by atoms with E-state index in [-0.39, 0.29) is 0 Å². The molecule has 1 aromatic heterocycles. The van der Waals surface area contributed by atoms with Gasteiger partial charge in [-0.25, -0.2) is 0 Å². The standard InChI is InChI=1S/C16H21N3/c1-16(8-2-3-9-16)11-19-14-7-10-18-15-12(14)5-4-6-13(15)17/h4-7,10H,2-3,8-9,11,17H2,1H3,(H,18,19). The fourth-order valence-electron chi connectivity index (χ4n) is 3.07. The van der Waals surface area contributed by atoms with Crippen molar-refractivity contribution in [3.63, 3.8) is 0 Å². The summed E-state index contributed by atoms with van der Waals surface area (Å²) in [5.41, 5.74) is 9.20. The Morgan fingerprint density at radius 2 is 2.05 bits per heavy atom. The predicted molar refractivity (Wildman–Crippen MR) is 81.2 cm³/mol. The lowest BCUT2D eigenvalue weighted by Crippen LogP contribution is -2.23. The second-order valence-corrected chi connectivity index (χ2v) is 5.97. The average Bonchev–Trinajstić information content (AvgIpc) is 2.84. The molecule has 19 heavy (non-hydrogen) atoms. The Kier molecular flexibility index (Phi) is 3.05. The van der Waals surface area contributed by atoms with Crippen LogP contribution in [-0.4, -0.2) is 11.5 Å². The zero-order chi connectivity index (χ0) is 13.3.